The molecule has 7 nitrogen and oxygen atoms in total. The van der Waals surface area contributed by atoms with Crippen molar-refractivity contribution < 1.29 is 13.2 Å². The number of thiazole rings is 1. The molecule has 4 rings (SSSR count). The zero-order valence-corrected chi connectivity index (χ0v) is 25.1. The van der Waals surface area contributed by atoms with Gasteiger partial charge in [-0.05, 0) is 72.9 Å². The Morgan fingerprint density at radius 3 is 2.26 bits per heavy atom. The van der Waals surface area contributed by atoms with E-state index in [1.807, 2.05) is 65.0 Å². The fraction of sp³-hybridized carbons (Fsp3) is 0.345. The van der Waals surface area contributed by atoms with Crippen molar-refractivity contribution in [3.63, 3.8) is 0 Å². The van der Waals surface area contributed by atoms with E-state index in [4.69, 9.17) is 16.6 Å². The highest BCUT2D eigenvalue weighted by atomic mass is 35.5. The molecule has 0 unspecified atom stereocenters. The molecule has 2 aromatic heterocycles. The molecule has 4 aromatic rings. The lowest BCUT2D eigenvalue weighted by Gasteiger charge is -2.26. The van der Waals surface area contributed by atoms with Gasteiger partial charge in [-0.2, -0.15) is 4.31 Å². The highest BCUT2D eigenvalue weighted by molar-refractivity contribution is 7.89. The quantitative estimate of drug-likeness (QED) is 0.205. The molecule has 0 aliphatic rings. The van der Waals surface area contributed by atoms with Gasteiger partial charge in [0.2, 0.25) is 10.0 Å². The first kappa shape index (κ1) is 29.1. The predicted octanol–water partition coefficient (Wildman–Crippen LogP) is 6.80. The number of carbonyl (C=O) groups is 1. The van der Waals surface area contributed by atoms with Crippen molar-refractivity contribution in [3.8, 4) is 0 Å². The van der Waals surface area contributed by atoms with Crippen LogP contribution < -0.4 is 4.90 Å². The van der Waals surface area contributed by atoms with Crippen LogP contribution in [-0.2, 0) is 16.6 Å². The average molecular weight is 585 g/mol. The summed E-state index contributed by atoms with van der Waals surface area (Å²) in [5, 5.41) is 1.13. The van der Waals surface area contributed by atoms with E-state index in [0.29, 0.717) is 34.5 Å². The van der Waals surface area contributed by atoms with E-state index in [9.17, 15) is 13.2 Å². The molecule has 0 aliphatic heterocycles. The van der Waals surface area contributed by atoms with Crippen molar-refractivity contribution in [1.82, 2.24) is 14.3 Å². The molecule has 10 heteroatoms. The Labute approximate surface area is 239 Å². The van der Waals surface area contributed by atoms with Crippen LogP contribution in [0.4, 0.5) is 5.13 Å². The van der Waals surface area contributed by atoms with Gasteiger partial charge >= 0.3 is 0 Å². The highest BCUT2D eigenvalue weighted by Gasteiger charge is 2.27. The number of carbonyl (C=O) groups excluding carboxylic acids is 1. The smallest absolute Gasteiger partial charge is 0.260 e. The second kappa shape index (κ2) is 12.1. The number of pyridine rings is 1. The van der Waals surface area contributed by atoms with Crippen LogP contribution in [0.5, 0.6) is 0 Å². The molecule has 0 bridgehead atoms. The number of nitrogens with zero attached hydrogens (tertiary/aromatic N) is 4. The van der Waals surface area contributed by atoms with Gasteiger partial charge in [-0.1, -0.05) is 56.7 Å². The monoisotopic (exact) mass is 584 g/mol. The topological polar surface area (TPSA) is 83.5 Å². The number of amides is 1. The van der Waals surface area contributed by atoms with Gasteiger partial charge in [-0.15, -0.1) is 0 Å². The minimum absolute atomic E-state index is 0.168. The van der Waals surface area contributed by atoms with Crippen LogP contribution in [0.25, 0.3) is 10.2 Å². The number of anilines is 1. The molecule has 0 spiro atoms. The van der Waals surface area contributed by atoms with Crippen LogP contribution in [0.1, 0.15) is 49.3 Å². The molecule has 2 aromatic carbocycles. The van der Waals surface area contributed by atoms with E-state index < -0.39 is 10.0 Å². The van der Waals surface area contributed by atoms with Gasteiger partial charge < -0.3 is 0 Å². The summed E-state index contributed by atoms with van der Waals surface area (Å²) in [7, 11) is -3.71. The van der Waals surface area contributed by atoms with Crippen LogP contribution in [0, 0.1) is 18.8 Å². The third kappa shape index (κ3) is 6.84. The first-order chi connectivity index (χ1) is 18.5. The van der Waals surface area contributed by atoms with Gasteiger partial charge in [0.25, 0.3) is 5.91 Å². The number of sulfonamides is 1. The molecule has 0 atom stereocenters. The van der Waals surface area contributed by atoms with Gasteiger partial charge in [0.05, 0.1) is 27.4 Å². The summed E-state index contributed by atoms with van der Waals surface area (Å²) in [6, 6.07) is 15.4. The summed E-state index contributed by atoms with van der Waals surface area (Å²) in [5.74, 6) is 0.0762. The molecule has 0 saturated carbocycles. The fourth-order valence-electron chi connectivity index (χ4n) is 4.30. The average Bonchev–Trinajstić information content (AvgIpc) is 3.31. The third-order valence-electron chi connectivity index (χ3n) is 6.04. The maximum absolute atomic E-state index is 13.8. The molecule has 0 radical (unpaired) electrons. The first-order valence-electron chi connectivity index (χ1n) is 12.8. The molecular weight excluding hydrogens is 552 g/mol. The summed E-state index contributed by atoms with van der Waals surface area (Å²) in [6.07, 6.45) is 1.68. The zero-order valence-electron chi connectivity index (χ0n) is 22.8. The SMILES string of the molecule is Cc1cc(Cl)cc2sc(N(Cc3ccccn3)C(=O)c3ccc(S(=O)(=O)N(CC(C)C)CC(C)C)cc3)nc12. The van der Waals surface area contributed by atoms with E-state index >= 15 is 0 Å². The van der Waals surface area contributed by atoms with Crippen molar-refractivity contribution >= 4 is 54.2 Å². The van der Waals surface area contributed by atoms with E-state index in [0.717, 1.165) is 15.8 Å². The van der Waals surface area contributed by atoms with Gasteiger partial charge in [0.15, 0.2) is 5.13 Å². The number of fused-ring (bicyclic) bond motifs is 1. The van der Waals surface area contributed by atoms with E-state index in [2.05, 4.69) is 4.98 Å². The molecule has 206 valence electrons. The number of rotatable bonds is 10. The molecule has 0 saturated heterocycles. The lowest BCUT2D eigenvalue weighted by atomic mass is 10.2. The Balaban J connectivity index is 1.69. The van der Waals surface area contributed by atoms with E-state index in [1.54, 1.807) is 23.2 Å². The van der Waals surface area contributed by atoms with Crippen molar-refractivity contribution in [1.29, 1.82) is 0 Å². The number of aryl methyl sites for hydroxylation is 1. The van der Waals surface area contributed by atoms with E-state index in [1.165, 1.54) is 27.8 Å². The summed E-state index contributed by atoms with van der Waals surface area (Å²) < 4.78 is 29.3. The van der Waals surface area contributed by atoms with E-state index in [-0.39, 0.29) is 29.2 Å². The summed E-state index contributed by atoms with van der Waals surface area (Å²) in [5.41, 5.74) is 2.78. The molecule has 2 heterocycles. The summed E-state index contributed by atoms with van der Waals surface area (Å²) >= 11 is 7.64. The maximum Gasteiger partial charge on any atom is 0.260 e. The fourth-order valence-corrected chi connectivity index (χ4v) is 7.48. The van der Waals surface area contributed by atoms with Crippen molar-refractivity contribution in [3.05, 3.63) is 82.6 Å². The number of aromatic nitrogens is 2. The molecule has 1 amide bonds. The standard InChI is InChI=1S/C29H33ClN4O3S2/c1-19(2)16-33(17-20(3)4)39(36,37)25-11-9-22(10-12-25)28(35)34(18-24-8-6-7-13-31-24)29-32-27-21(5)14-23(30)15-26(27)38-29/h6-15,19-20H,16-18H2,1-5H3. The van der Waals surface area contributed by atoms with Crippen LogP contribution in [-0.4, -0.2) is 41.7 Å². The molecule has 0 fully saturated rings. The number of hydrogen-bond acceptors (Lipinski definition) is 6. The Bertz CT molecular complexity index is 1540. The van der Waals surface area contributed by atoms with Crippen molar-refractivity contribution in [2.24, 2.45) is 11.8 Å². The number of hydrogen-bond donors (Lipinski definition) is 0. The first-order valence-corrected chi connectivity index (χ1v) is 15.5. The largest absolute Gasteiger partial charge is 0.278 e. The second-order valence-corrected chi connectivity index (χ2v) is 13.8. The molecule has 0 N–H and O–H groups in total. The number of halogens is 1. The Morgan fingerprint density at radius 1 is 1.00 bits per heavy atom. The van der Waals surface area contributed by atoms with Crippen LogP contribution in [0.15, 0.2) is 65.7 Å². The normalized spacial score (nSPS) is 12.1. The Hall–Kier alpha value is -2.85. The second-order valence-electron chi connectivity index (χ2n) is 10.4. The van der Waals surface area contributed by atoms with Crippen molar-refractivity contribution in [2.75, 3.05) is 18.0 Å². The van der Waals surface area contributed by atoms with Gasteiger partial charge in [0, 0.05) is 29.9 Å². The van der Waals surface area contributed by atoms with Crippen LogP contribution in [0.3, 0.4) is 0 Å². The lowest BCUT2D eigenvalue weighted by Crippen LogP contribution is -2.37. The highest BCUT2D eigenvalue weighted by Crippen LogP contribution is 2.34. The maximum atomic E-state index is 13.8. The third-order valence-corrected chi connectivity index (χ3v) is 9.13. The lowest BCUT2D eigenvalue weighted by molar-refractivity contribution is 0.0984. The molecule has 39 heavy (non-hydrogen) atoms. The van der Waals surface area contributed by atoms with Gasteiger partial charge in [-0.3, -0.25) is 14.7 Å². The van der Waals surface area contributed by atoms with Crippen molar-refractivity contribution in [2.45, 2.75) is 46.1 Å². The van der Waals surface area contributed by atoms with Crippen LogP contribution in [0.2, 0.25) is 5.02 Å². The minimum Gasteiger partial charge on any atom is -0.278 e. The Kier molecular flexibility index (Phi) is 9.06. The molecule has 0 aliphatic carbocycles. The summed E-state index contributed by atoms with van der Waals surface area (Å²) in [4.78, 5) is 24.8. The predicted molar refractivity (Wildman–Crippen MR) is 159 cm³/mol. The number of benzene rings is 2. The summed E-state index contributed by atoms with van der Waals surface area (Å²) in [6.45, 7) is 11.0. The molecular formula is C29H33ClN4O3S2. The minimum atomic E-state index is -3.71. The van der Waals surface area contributed by atoms with Gasteiger partial charge in [-0.25, -0.2) is 13.4 Å². The van der Waals surface area contributed by atoms with Crippen LogP contribution >= 0.6 is 22.9 Å². The van der Waals surface area contributed by atoms with Gasteiger partial charge in [0.1, 0.15) is 0 Å². The Morgan fingerprint density at radius 2 is 1.67 bits per heavy atom. The zero-order chi connectivity index (χ0) is 28.3.